The summed E-state index contributed by atoms with van der Waals surface area (Å²) in [5.74, 6) is 1.00. The zero-order chi connectivity index (χ0) is 5.82. The third-order valence-electron chi connectivity index (χ3n) is 0.748. The molecule has 0 amide bonds. The Morgan fingerprint density at radius 2 is 2.67 bits per heavy atom. The van der Waals surface area contributed by atoms with E-state index in [1.807, 2.05) is 6.19 Å². The summed E-state index contributed by atoms with van der Waals surface area (Å²) in [5.41, 5.74) is 0. The normalized spacial score (nSPS) is 15.2. The molecular weight excluding hydrogens is 145 g/mol. The van der Waals surface area contributed by atoms with Crippen molar-refractivity contribution in [2.24, 2.45) is 4.99 Å². The first-order valence-corrected chi connectivity index (χ1v) is 3.24. The summed E-state index contributed by atoms with van der Waals surface area (Å²) in [5, 5.41) is 11.3. The molecule has 0 aromatic rings. The molecular formula is C4H6N3NaS. The molecule has 0 radical (unpaired) electrons. The average molecular weight is 151 g/mol. The monoisotopic (exact) mass is 151 g/mol. The van der Waals surface area contributed by atoms with Crippen LogP contribution in [0.4, 0.5) is 0 Å². The van der Waals surface area contributed by atoms with Gasteiger partial charge < -0.3 is 1.43 Å². The second kappa shape index (κ2) is 5.12. The molecule has 0 saturated heterocycles. The van der Waals surface area contributed by atoms with E-state index in [4.69, 9.17) is 5.26 Å². The molecule has 0 atom stereocenters. The fourth-order valence-corrected chi connectivity index (χ4v) is 1.13. The van der Waals surface area contributed by atoms with E-state index in [9.17, 15) is 0 Å². The van der Waals surface area contributed by atoms with Gasteiger partial charge in [0.1, 0.15) is 0 Å². The van der Waals surface area contributed by atoms with E-state index in [-0.39, 0.29) is 31.0 Å². The van der Waals surface area contributed by atoms with Gasteiger partial charge in [-0.3, -0.25) is 10.3 Å². The van der Waals surface area contributed by atoms with Crippen molar-refractivity contribution >= 4 is 16.9 Å². The first-order chi connectivity index (χ1) is 3.93. The Kier molecular flexibility index (Phi) is 5.30. The second-order valence-electron chi connectivity index (χ2n) is 1.27. The van der Waals surface area contributed by atoms with Crippen molar-refractivity contribution in [3.05, 3.63) is 0 Å². The van der Waals surface area contributed by atoms with Gasteiger partial charge in [-0.15, -0.1) is 0 Å². The second-order valence-corrected chi connectivity index (χ2v) is 2.36. The van der Waals surface area contributed by atoms with Crippen LogP contribution in [-0.4, -0.2) is 17.5 Å². The molecule has 0 fully saturated rings. The van der Waals surface area contributed by atoms with Crippen LogP contribution >= 0.6 is 11.8 Å². The SMILES string of the molecule is N#CNC1=NCCS1.[H-].[Na+]. The topological polar surface area (TPSA) is 48.2 Å². The number of rotatable bonds is 0. The van der Waals surface area contributed by atoms with Gasteiger partial charge in [0.05, 0.1) is 6.54 Å². The fraction of sp³-hybridized carbons (Fsp3) is 0.500. The van der Waals surface area contributed by atoms with Crippen LogP contribution in [0.25, 0.3) is 0 Å². The van der Waals surface area contributed by atoms with Gasteiger partial charge in [-0.1, -0.05) is 11.8 Å². The summed E-state index contributed by atoms with van der Waals surface area (Å²) in [7, 11) is 0. The van der Waals surface area contributed by atoms with Crippen molar-refractivity contribution in [2.45, 2.75) is 0 Å². The maximum Gasteiger partial charge on any atom is 1.00 e. The maximum atomic E-state index is 8.07. The summed E-state index contributed by atoms with van der Waals surface area (Å²) in [6.45, 7) is 0.842. The van der Waals surface area contributed by atoms with Crippen LogP contribution in [0.2, 0.25) is 0 Å². The fourth-order valence-electron chi connectivity index (χ4n) is 0.459. The summed E-state index contributed by atoms with van der Waals surface area (Å²) in [6, 6.07) is 0. The molecule has 0 unspecified atom stereocenters. The number of nitriles is 1. The van der Waals surface area contributed by atoms with Gasteiger partial charge in [-0.25, -0.2) is 0 Å². The van der Waals surface area contributed by atoms with Crippen LogP contribution in [-0.2, 0) is 0 Å². The van der Waals surface area contributed by atoms with Gasteiger partial charge in [0.25, 0.3) is 0 Å². The number of nitrogens with one attached hydrogen (secondary N) is 1. The molecule has 0 spiro atoms. The maximum absolute atomic E-state index is 8.07. The molecule has 1 aliphatic heterocycles. The Hall–Kier alpha value is 0.310. The Balaban J connectivity index is 0. The molecule has 1 N–H and O–H groups in total. The van der Waals surface area contributed by atoms with Gasteiger partial charge in [0, 0.05) is 5.75 Å². The van der Waals surface area contributed by atoms with Crippen molar-refractivity contribution in [3.63, 3.8) is 0 Å². The number of nitrogens with zero attached hydrogens (tertiary/aromatic N) is 2. The number of hydrogen-bond donors (Lipinski definition) is 1. The zero-order valence-corrected chi connectivity index (χ0v) is 8.03. The molecule has 9 heavy (non-hydrogen) atoms. The van der Waals surface area contributed by atoms with E-state index in [1.165, 1.54) is 0 Å². The molecule has 0 saturated carbocycles. The van der Waals surface area contributed by atoms with Gasteiger partial charge in [0.2, 0.25) is 0 Å². The van der Waals surface area contributed by atoms with Crippen LogP contribution in [0.5, 0.6) is 0 Å². The van der Waals surface area contributed by atoms with Crippen molar-refractivity contribution in [1.29, 1.82) is 5.26 Å². The summed E-state index contributed by atoms with van der Waals surface area (Å²) in [6.07, 6.45) is 1.81. The molecule has 0 bridgehead atoms. The van der Waals surface area contributed by atoms with Crippen LogP contribution < -0.4 is 34.9 Å². The Labute approximate surface area is 81.7 Å². The first-order valence-electron chi connectivity index (χ1n) is 2.26. The molecule has 44 valence electrons. The summed E-state index contributed by atoms with van der Waals surface area (Å²) >= 11 is 1.58. The Morgan fingerprint density at radius 3 is 3.11 bits per heavy atom. The number of thioether (sulfide) groups is 1. The minimum atomic E-state index is 0. The smallest absolute Gasteiger partial charge is 1.00 e. The molecule has 3 nitrogen and oxygen atoms in total. The van der Waals surface area contributed by atoms with Crippen LogP contribution in [0.1, 0.15) is 1.43 Å². The van der Waals surface area contributed by atoms with Gasteiger partial charge in [-0.05, 0) is 0 Å². The molecule has 1 aliphatic rings. The third-order valence-corrected chi connectivity index (χ3v) is 1.64. The summed E-state index contributed by atoms with van der Waals surface area (Å²) < 4.78 is 0. The van der Waals surface area contributed by atoms with Gasteiger partial charge >= 0.3 is 29.6 Å². The van der Waals surface area contributed by atoms with Crippen LogP contribution in [0, 0.1) is 11.5 Å². The van der Waals surface area contributed by atoms with Crippen molar-refractivity contribution in [1.82, 2.24) is 5.32 Å². The minimum Gasteiger partial charge on any atom is -1.00 e. The van der Waals surface area contributed by atoms with E-state index in [0.29, 0.717) is 0 Å². The number of hydrogen-bond acceptors (Lipinski definition) is 4. The van der Waals surface area contributed by atoms with Crippen molar-refractivity contribution in [3.8, 4) is 6.19 Å². The molecule has 1 rings (SSSR count). The molecule has 0 aliphatic carbocycles. The first kappa shape index (κ1) is 9.31. The Morgan fingerprint density at radius 1 is 1.89 bits per heavy atom. The van der Waals surface area contributed by atoms with E-state index < -0.39 is 0 Å². The molecule has 0 aromatic carbocycles. The summed E-state index contributed by atoms with van der Waals surface area (Å²) in [4.78, 5) is 3.97. The number of aliphatic imine (C=N–C) groups is 1. The average Bonchev–Trinajstić information content (AvgIpc) is 2.19. The van der Waals surface area contributed by atoms with Crippen LogP contribution in [0.15, 0.2) is 4.99 Å². The number of amidine groups is 1. The standard InChI is InChI=1S/C4H5N3S.Na.H/c5-3-7-4-6-1-2-8-4;;/h1-2H2,(H,6,7);;/q;+1;-1. The van der Waals surface area contributed by atoms with Crippen LogP contribution in [0.3, 0.4) is 0 Å². The van der Waals surface area contributed by atoms with Gasteiger partial charge in [0.15, 0.2) is 11.4 Å². The van der Waals surface area contributed by atoms with E-state index in [1.54, 1.807) is 11.8 Å². The van der Waals surface area contributed by atoms with E-state index in [2.05, 4.69) is 10.3 Å². The van der Waals surface area contributed by atoms with Crippen molar-refractivity contribution < 1.29 is 31.0 Å². The quantitative estimate of drug-likeness (QED) is 0.232. The predicted molar refractivity (Wildman–Crippen MR) is 34.6 cm³/mol. The zero-order valence-electron chi connectivity index (χ0n) is 6.22. The minimum absolute atomic E-state index is 0. The van der Waals surface area contributed by atoms with Gasteiger partial charge in [-0.2, -0.15) is 5.26 Å². The third kappa shape index (κ3) is 3.11. The molecule has 1 heterocycles. The predicted octanol–water partition coefficient (Wildman–Crippen LogP) is -2.72. The molecule has 0 aromatic heterocycles. The van der Waals surface area contributed by atoms with Crippen molar-refractivity contribution in [2.75, 3.05) is 12.3 Å². The largest absolute Gasteiger partial charge is 1.00 e. The Bertz CT molecular complexity index is 155. The van der Waals surface area contributed by atoms with E-state index >= 15 is 0 Å². The molecule has 5 heteroatoms. The van der Waals surface area contributed by atoms with E-state index in [0.717, 1.165) is 17.5 Å².